The van der Waals surface area contributed by atoms with Crippen LogP contribution >= 0.6 is 0 Å². The van der Waals surface area contributed by atoms with Crippen molar-refractivity contribution in [1.82, 2.24) is 0 Å². The van der Waals surface area contributed by atoms with Gasteiger partial charge in [0, 0.05) is 6.07 Å². The van der Waals surface area contributed by atoms with Gasteiger partial charge in [-0.05, 0) is 6.07 Å². The average molecular weight is 196 g/mol. The molecule has 1 rings (SSSR count). The smallest absolute Gasteiger partial charge is 0.273 e. The summed E-state index contributed by atoms with van der Waals surface area (Å²) < 4.78 is 4.87. The lowest BCUT2D eigenvalue weighted by Gasteiger charge is -2.01. The van der Waals surface area contributed by atoms with Crippen molar-refractivity contribution in [3.05, 3.63) is 28.3 Å². The number of nitrogens with zero attached hydrogens (tertiary/aromatic N) is 3. The SMILES string of the molecule is COc1cc([N+](=O)[O-])ccc1N=NN. The summed E-state index contributed by atoms with van der Waals surface area (Å²) in [4.78, 5) is 9.89. The van der Waals surface area contributed by atoms with Crippen LogP contribution in [0.2, 0.25) is 0 Å². The van der Waals surface area contributed by atoms with E-state index >= 15 is 0 Å². The summed E-state index contributed by atoms with van der Waals surface area (Å²) in [6.45, 7) is 0. The maximum Gasteiger partial charge on any atom is 0.273 e. The molecule has 0 amide bonds. The second-order valence-electron chi connectivity index (χ2n) is 2.33. The van der Waals surface area contributed by atoms with Crippen LogP contribution in [0.5, 0.6) is 5.75 Å². The second-order valence-corrected chi connectivity index (χ2v) is 2.33. The highest BCUT2D eigenvalue weighted by Gasteiger charge is 2.10. The zero-order chi connectivity index (χ0) is 10.6. The molecule has 1 aromatic carbocycles. The van der Waals surface area contributed by atoms with Gasteiger partial charge >= 0.3 is 0 Å². The van der Waals surface area contributed by atoms with Crippen molar-refractivity contribution in [2.24, 2.45) is 16.2 Å². The molecule has 0 radical (unpaired) electrons. The number of hydrogen-bond donors (Lipinski definition) is 1. The highest BCUT2D eigenvalue weighted by atomic mass is 16.6. The molecule has 0 saturated heterocycles. The van der Waals surface area contributed by atoms with Gasteiger partial charge in [-0.15, -0.1) is 5.11 Å². The van der Waals surface area contributed by atoms with Gasteiger partial charge in [-0.3, -0.25) is 10.1 Å². The molecule has 0 unspecified atom stereocenters. The molecule has 0 heterocycles. The van der Waals surface area contributed by atoms with Gasteiger partial charge in [0.15, 0.2) is 5.75 Å². The van der Waals surface area contributed by atoms with E-state index in [4.69, 9.17) is 10.6 Å². The van der Waals surface area contributed by atoms with Crippen LogP contribution in [0.1, 0.15) is 0 Å². The fourth-order valence-corrected chi connectivity index (χ4v) is 0.925. The molecular weight excluding hydrogens is 188 g/mol. The lowest BCUT2D eigenvalue weighted by atomic mass is 10.2. The number of rotatable bonds is 3. The van der Waals surface area contributed by atoms with E-state index in [2.05, 4.69) is 10.3 Å². The summed E-state index contributed by atoms with van der Waals surface area (Å²) >= 11 is 0. The van der Waals surface area contributed by atoms with Gasteiger partial charge < -0.3 is 10.6 Å². The van der Waals surface area contributed by atoms with Gasteiger partial charge in [0.1, 0.15) is 5.69 Å². The van der Waals surface area contributed by atoms with Crippen molar-refractivity contribution >= 4 is 11.4 Å². The number of ether oxygens (including phenoxy) is 1. The molecular formula is C7H8N4O3. The van der Waals surface area contributed by atoms with Crippen molar-refractivity contribution in [3.63, 3.8) is 0 Å². The Labute approximate surface area is 79.3 Å². The largest absolute Gasteiger partial charge is 0.494 e. The first-order chi connectivity index (χ1) is 6.69. The second kappa shape index (κ2) is 4.17. The van der Waals surface area contributed by atoms with Crippen molar-refractivity contribution in [3.8, 4) is 5.75 Å². The van der Waals surface area contributed by atoms with Gasteiger partial charge in [0.25, 0.3) is 5.69 Å². The lowest BCUT2D eigenvalue weighted by Crippen LogP contribution is -1.90. The van der Waals surface area contributed by atoms with Crippen LogP contribution in [-0.4, -0.2) is 12.0 Å². The summed E-state index contributed by atoms with van der Waals surface area (Å²) in [7, 11) is 1.38. The van der Waals surface area contributed by atoms with Gasteiger partial charge in [-0.25, -0.2) is 0 Å². The van der Waals surface area contributed by atoms with Gasteiger partial charge in [0.05, 0.1) is 18.1 Å². The van der Waals surface area contributed by atoms with E-state index in [0.717, 1.165) is 0 Å². The van der Waals surface area contributed by atoms with Crippen molar-refractivity contribution in [1.29, 1.82) is 0 Å². The van der Waals surface area contributed by atoms with Crippen LogP contribution in [-0.2, 0) is 0 Å². The lowest BCUT2D eigenvalue weighted by molar-refractivity contribution is -0.384. The Balaban J connectivity index is 3.17. The van der Waals surface area contributed by atoms with Crippen LogP contribution in [0.15, 0.2) is 28.5 Å². The quantitative estimate of drug-likeness (QED) is 0.343. The Morgan fingerprint density at radius 1 is 1.57 bits per heavy atom. The maximum atomic E-state index is 10.4. The normalized spacial score (nSPS) is 10.4. The highest BCUT2D eigenvalue weighted by molar-refractivity contribution is 5.56. The molecule has 0 fully saturated rings. The van der Waals surface area contributed by atoms with E-state index in [-0.39, 0.29) is 11.4 Å². The predicted molar refractivity (Wildman–Crippen MR) is 48.4 cm³/mol. The van der Waals surface area contributed by atoms with Gasteiger partial charge in [-0.2, -0.15) is 0 Å². The number of benzene rings is 1. The molecule has 0 aliphatic rings. The number of hydrogen-bond acceptors (Lipinski definition) is 5. The molecule has 74 valence electrons. The number of nitrogens with two attached hydrogens (primary N) is 1. The Morgan fingerprint density at radius 3 is 2.79 bits per heavy atom. The Kier molecular flexibility index (Phi) is 2.95. The Bertz CT molecular complexity index is 377. The molecule has 0 saturated carbocycles. The summed E-state index contributed by atoms with van der Waals surface area (Å²) in [6, 6.07) is 3.96. The van der Waals surface area contributed by atoms with E-state index in [1.807, 2.05) is 0 Å². The molecule has 0 atom stereocenters. The summed E-state index contributed by atoms with van der Waals surface area (Å²) in [5, 5.41) is 17.0. The molecule has 1 aromatic rings. The number of nitro groups is 1. The molecule has 0 aliphatic carbocycles. The van der Waals surface area contributed by atoms with Gasteiger partial charge in [-0.1, -0.05) is 5.22 Å². The van der Waals surface area contributed by atoms with Crippen LogP contribution in [0, 0.1) is 10.1 Å². The minimum atomic E-state index is -0.522. The van der Waals surface area contributed by atoms with Crippen molar-refractivity contribution in [2.45, 2.75) is 0 Å². The minimum absolute atomic E-state index is 0.0715. The third-order valence-electron chi connectivity index (χ3n) is 1.54. The number of non-ortho nitro benzene ring substituents is 1. The molecule has 7 nitrogen and oxygen atoms in total. The summed E-state index contributed by atoms with van der Waals surface area (Å²) in [6.07, 6.45) is 0. The van der Waals surface area contributed by atoms with Crippen LogP contribution < -0.4 is 10.6 Å². The van der Waals surface area contributed by atoms with Gasteiger partial charge in [0.2, 0.25) is 0 Å². The van der Waals surface area contributed by atoms with E-state index in [9.17, 15) is 10.1 Å². The van der Waals surface area contributed by atoms with Crippen molar-refractivity contribution in [2.75, 3.05) is 7.11 Å². The first-order valence-corrected chi connectivity index (χ1v) is 3.62. The molecule has 14 heavy (non-hydrogen) atoms. The first kappa shape index (κ1) is 9.90. The fourth-order valence-electron chi connectivity index (χ4n) is 0.925. The van der Waals surface area contributed by atoms with E-state index in [1.165, 1.54) is 25.3 Å². The van der Waals surface area contributed by atoms with E-state index in [0.29, 0.717) is 5.69 Å². The van der Waals surface area contributed by atoms with Crippen LogP contribution in [0.4, 0.5) is 11.4 Å². The summed E-state index contributed by atoms with van der Waals surface area (Å²) in [5.74, 6) is 5.11. The number of methoxy groups -OCH3 is 1. The zero-order valence-corrected chi connectivity index (χ0v) is 7.38. The molecule has 0 aliphatic heterocycles. The Morgan fingerprint density at radius 2 is 2.29 bits per heavy atom. The third-order valence-corrected chi connectivity index (χ3v) is 1.54. The van der Waals surface area contributed by atoms with Crippen LogP contribution in [0.3, 0.4) is 0 Å². The molecule has 7 heteroatoms. The van der Waals surface area contributed by atoms with Crippen LogP contribution in [0.25, 0.3) is 0 Å². The average Bonchev–Trinajstić information content (AvgIpc) is 2.18. The summed E-state index contributed by atoms with van der Waals surface area (Å²) in [5.41, 5.74) is 0.276. The predicted octanol–water partition coefficient (Wildman–Crippen LogP) is 1.56. The standard InChI is InChI=1S/C7H8N4O3/c1-14-7-4-5(11(12)13)2-3-6(7)9-10-8/h2-4H,1H3,(H2,8,9). The maximum absolute atomic E-state index is 10.4. The first-order valence-electron chi connectivity index (χ1n) is 3.62. The molecule has 0 spiro atoms. The molecule has 2 N–H and O–H groups in total. The third kappa shape index (κ3) is 1.94. The topological polar surface area (TPSA) is 103 Å². The zero-order valence-electron chi connectivity index (χ0n) is 7.38. The number of nitro benzene ring substituents is 1. The Hall–Kier alpha value is -2.18. The monoisotopic (exact) mass is 196 g/mol. The van der Waals surface area contributed by atoms with Crippen molar-refractivity contribution < 1.29 is 9.66 Å². The van der Waals surface area contributed by atoms with E-state index < -0.39 is 4.92 Å². The minimum Gasteiger partial charge on any atom is -0.494 e. The fraction of sp³-hybridized carbons (Fsp3) is 0.143. The molecule has 0 aromatic heterocycles. The molecule has 0 bridgehead atoms. The van der Waals surface area contributed by atoms with E-state index in [1.54, 1.807) is 0 Å². The highest BCUT2D eigenvalue weighted by Crippen LogP contribution is 2.31.